The first-order valence-corrected chi connectivity index (χ1v) is 8.89. The summed E-state index contributed by atoms with van der Waals surface area (Å²) in [7, 11) is 0. The standard InChI is InChI=1S/C21H17N5O3/c1-12-8-9-14(10-17(12)26(27)28)19-16(11-22)20(23)29-21-18(19)13(2)24-25(21)15-6-4-3-5-7-15/h3-10,19H,23H2,1-2H3. The van der Waals surface area contributed by atoms with Gasteiger partial charge in [-0.25, -0.2) is 4.68 Å². The largest absolute Gasteiger partial charge is 0.422 e. The summed E-state index contributed by atoms with van der Waals surface area (Å²) < 4.78 is 7.42. The van der Waals surface area contributed by atoms with E-state index < -0.39 is 10.8 Å². The van der Waals surface area contributed by atoms with Gasteiger partial charge in [0, 0.05) is 11.6 Å². The molecule has 3 aromatic rings. The number of nitrogens with zero attached hydrogens (tertiary/aromatic N) is 4. The Morgan fingerprint density at radius 2 is 1.97 bits per heavy atom. The van der Waals surface area contributed by atoms with Crippen LogP contribution in [0.15, 0.2) is 60.0 Å². The minimum atomic E-state index is -0.611. The van der Waals surface area contributed by atoms with Gasteiger partial charge >= 0.3 is 0 Å². The van der Waals surface area contributed by atoms with Crippen LogP contribution < -0.4 is 10.5 Å². The topological polar surface area (TPSA) is 120 Å². The molecule has 0 radical (unpaired) electrons. The number of allylic oxidation sites excluding steroid dienone is 1. The molecule has 1 atom stereocenters. The lowest BCUT2D eigenvalue weighted by Crippen LogP contribution is -2.22. The molecule has 1 aliphatic rings. The first-order chi connectivity index (χ1) is 13.9. The molecule has 8 heteroatoms. The summed E-state index contributed by atoms with van der Waals surface area (Å²) in [6.45, 7) is 3.49. The van der Waals surface area contributed by atoms with Gasteiger partial charge in [-0.2, -0.15) is 10.4 Å². The van der Waals surface area contributed by atoms with Crippen LogP contribution in [0.3, 0.4) is 0 Å². The van der Waals surface area contributed by atoms with Crippen LogP contribution in [0.4, 0.5) is 5.69 Å². The number of aryl methyl sites for hydroxylation is 2. The third-order valence-corrected chi connectivity index (χ3v) is 5.00. The van der Waals surface area contributed by atoms with E-state index in [0.29, 0.717) is 28.3 Å². The Hall–Kier alpha value is -4.12. The van der Waals surface area contributed by atoms with Crippen LogP contribution in [0.1, 0.15) is 28.3 Å². The molecule has 144 valence electrons. The molecule has 29 heavy (non-hydrogen) atoms. The summed E-state index contributed by atoms with van der Waals surface area (Å²) in [6.07, 6.45) is 0. The number of aromatic nitrogens is 2. The van der Waals surface area contributed by atoms with Crippen molar-refractivity contribution in [2.45, 2.75) is 19.8 Å². The first-order valence-electron chi connectivity index (χ1n) is 8.89. The Labute approximate surface area is 166 Å². The SMILES string of the molecule is Cc1ccc(C2C(C#N)=C(N)Oc3c2c(C)nn3-c2ccccc2)cc1[N+](=O)[O-]. The summed E-state index contributed by atoms with van der Waals surface area (Å²) in [5, 5.41) is 25.8. The molecule has 0 spiro atoms. The van der Waals surface area contributed by atoms with Gasteiger partial charge in [0.2, 0.25) is 11.8 Å². The highest BCUT2D eigenvalue weighted by molar-refractivity contribution is 5.59. The third-order valence-electron chi connectivity index (χ3n) is 5.00. The lowest BCUT2D eigenvalue weighted by atomic mass is 9.83. The predicted octanol–water partition coefficient (Wildman–Crippen LogP) is 3.62. The molecule has 1 unspecified atom stereocenters. The highest BCUT2D eigenvalue weighted by Crippen LogP contribution is 2.45. The summed E-state index contributed by atoms with van der Waals surface area (Å²) in [6, 6.07) is 16.4. The molecule has 2 aromatic carbocycles. The monoisotopic (exact) mass is 387 g/mol. The molecule has 1 aromatic heterocycles. The molecule has 4 rings (SSSR count). The number of nitriles is 1. The second kappa shape index (κ2) is 6.80. The molecule has 2 N–H and O–H groups in total. The first kappa shape index (κ1) is 18.3. The molecule has 0 fully saturated rings. The number of hydrogen-bond donors (Lipinski definition) is 1. The van der Waals surface area contributed by atoms with E-state index in [-0.39, 0.29) is 17.1 Å². The van der Waals surface area contributed by atoms with Gasteiger partial charge in [-0.05, 0) is 31.5 Å². The van der Waals surface area contributed by atoms with E-state index in [4.69, 9.17) is 10.5 Å². The van der Waals surface area contributed by atoms with Crippen LogP contribution in [-0.2, 0) is 0 Å². The van der Waals surface area contributed by atoms with E-state index in [1.165, 1.54) is 6.07 Å². The summed E-state index contributed by atoms with van der Waals surface area (Å²) in [5.74, 6) is -0.246. The molecule has 0 saturated heterocycles. The summed E-state index contributed by atoms with van der Waals surface area (Å²) >= 11 is 0. The fourth-order valence-corrected chi connectivity index (χ4v) is 3.59. The number of hydrogen-bond acceptors (Lipinski definition) is 6. The van der Waals surface area contributed by atoms with Gasteiger partial charge in [0.05, 0.1) is 27.8 Å². The van der Waals surface area contributed by atoms with Gasteiger partial charge in [-0.1, -0.05) is 30.3 Å². The summed E-state index contributed by atoms with van der Waals surface area (Å²) in [4.78, 5) is 11.0. The maximum atomic E-state index is 11.4. The Kier molecular flexibility index (Phi) is 4.28. The zero-order valence-electron chi connectivity index (χ0n) is 15.8. The second-order valence-corrected chi connectivity index (χ2v) is 6.78. The number of ether oxygens (including phenoxy) is 1. The molecule has 0 bridgehead atoms. The van der Waals surface area contributed by atoms with E-state index >= 15 is 0 Å². The Morgan fingerprint density at radius 1 is 1.24 bits per heavy atom. The van der Waals surface area contributed by atoms with Gasteiger partial charge in [0.15, 0.2) is 0 Å². The third kappa shape index (κ3) is 2.89. The number of rotatable bonds is 3. The zero-order chi connectivity index (χ0) is 20.7. The zero-order valence-corrected chi connectivity index (χ0v) is 15.8. The van der Waals surface area contributed by atoms with Gasteiger partial charge in [-0.3, -0.25) is 10.1 Å². The molecule has 0 saturated carbocycles. The molecule has 0 aliphatic carbocycles. The maximum absolute atomic E-state index is 11.4. The van der Waals surface area contributed by atoms with Gasteiger partial charge in [0.25, 0.3) is 5.69 Å². The van der Waals surface area contributed by atoms with E-state index in [2.05, 4.69) is 11.2 Å². The Bertz CT molecular complexity index is 1210. The van der Waals surface area contributed by atoms with E-state index in [9.17, 15) is 15.4 Å². The van der Waals surface area contributed by atoms with Crippen molar-refractivity contribution in [3.05, 3.63) is 92.5 Å². The molecular weight excluding hydrogens is 370 g/mol. The van der Waals surface area contributed by atoms with Crippen LogP contribution in [0, 0.1) is 35.3 Å². The van der Waals surface area contributed by atoms with Crippen LogP contribution in [0.2, 0.25) is 0 Å². The van der Waals surface area contributed by atoms with Crippen LogP contribution in [0.25, 0.3) is 5.69 Å². The van der Waals surface area contributed by atoms with Crippen molar-refractivity contribution < 1.29 is 9.66 Å². The van der Waals surface area contributed by atoms with Crippen molar-refractivity contribution in [1.82, 2.24) is 9.78 Å². The van der Waals surface area contributed by atoms with Gasteiger partial charge in [-0.15, -0.1) is 0 Å². The predicted molar refractivity (Wildman–Crippen MR) is 105 cm³/mol. The van der Waals surface area contributed by atoms with Crippen molar-refractivity contribution in [1.29, 1.82) is 5.26 Å². The van der Waals surface area contributed by atoms with Gasteiger partial charge < -0.3 is 10.5 Å². The average Bonchev–Trinajstić information content (AvgIpc) is 3.04. The van der Waals surface area contributed by atoms with Crippen molar-refractivity contribution in [2.75, 3.05) is 0 Å². The van der Waals surface area contributed by atoms with Crippen LogP contribution in [-0.4, -0.2) is 14.7 Å². The average molecular weight is 387 g/mol. The van der Waals surface area contributed by atoms with E-state index in [0.717, 1.165) is 5.69 Å². The van der Waals surface area contributed by atoms with Crippen LogP contribution >= 0.6 is 0 Å². The number of nitro benzene ring substituents is 1. The fourth-order valence-electron chi connectivity index (χ4n) is 3.59. The maximum Gasteiger partial charge on any atom is 0.272 e. The number of benzene rings is 2. The Morgan fingerprint density at radius 3 is 2.62 bits per heavy atom. The molecule has 0 amide bonds. The number of nitrogens with two attached hydrogens (primary N) is 1. The van der Waals surface area contributed by atoms with Crippen molar-refractivity contribution in [3.63, 3.8) is 0 Å². The quantitative estimate of drug-likeness (QED) is 0.541. The smallest absolute Gasteiger partial charge is 0.272 e. The highest BCUT2D eigenvalue weighted by atomic mass is 16.6. The minimum Gasteiger partial charge on any atom is -0.422 e. The van der Waals surface area contributed by atoms with Crippen molar-refractivity contribution in [2.24, 2.45) is 5.73 Å². The number of para-hydroxylation sites is 1. The number of fused-ring (bicyclic) bond motifs is 1. The Balaban J connectivity index is 1.97. The molecule has 8 nitrogen and oxygen atoms in total. The fraction of sp³-hybridized carbons (Fsp3) is 0.143. The second-order valence-electron chi connectivity index (χ2n) is 6.78. The normalized spacial score (nSPS) is 15.4. The summed E-state index contributed by atoms with van der Waals surface area (Å²) in [5.41, 5.74) is 9.48. The lowest BCUT2D eigenvalue weighted by molar-refractivity contribution is -0.385. The lowest BCUT2D eigenvalue weighted by Gasteiger charge is -2.25. The molecule has 2 heterocycles. The van der Waals surface area contributed by atoms with Crippen molar-refractivity contribution in [3.8, 4) is 17.6 Å². The van der Waals surface area contributed by atoms with Crippen LogP contribution in [0.5, 0.6) is 5.88 Å². The van der Waals surface area contributed by atoms with E-state index in [1.807, 2.05) is 37.3 Å². The number of nitro groups is 1. The van der Waals surface area contributed by atoms with Gasteiger partial charge in [0.1, 0.15) is 11.6 Å². The van der Waals surface area contributed by atoms with Crippen molar-refractivity contribution >= 4 is 5.69 Å². The minimum absolute atomic E-state index is 0.0143. The van der Waals surface area contributed by atoms with E-state index in [1.54, 1.807) is 23.7 Å². The highest BCUT2D eigenvalue weighted by Gasteiger charge is 2.36. The molecule has 1 aliphatic heterocycles. The molecular formula is C21H17N5O3.